The maximum Gasteiger partial charge on any atom is 0.0132 e. The number of nitrogens with one attached hydrogen (secondary N) is 1. The van der Waals surface area contributed by atoms with Gasteiger partial charge in [0.1, 0.15) is 0 Å². The van der Waals surface area contributed by atoms with Crippen molar-refractivity contribution in [2.24, 2.45) is 11.8 Å². The summed E-state index contributed by atoms with van der Waals surface area (Å²) in [6.07, 6.45) is 4.23. The molecule has 0 radical (unpaired) electrons. The molecule has 0 heterocycles. The first-order valence-corrected chi connectivity index (χ1v) is 7.59. The molecule has 0 spiro atoms. The van der Waals surface area contributed by atoms with Crippen LogP contribution in [0.1, 0.15) is 47.0 Å². The minimum Gasteiger partial charge on any atom is -0.310 e. The second-order valence-corrected chi connectivity index (χ2v) is 6.59. The molecular weight excluding hydrogens is 202 g/mol. The summed E-state index contributed by atoms with van der Waals surface area (Å²) < 4.78 is 0. The maximum absolute atomic E-state index is 3.78. The molecule has 2 heteroatoms. The summed E-state index contributed by atoms with van der Waals surface area (Å²) in [6, 6.07) is 1.47. The lowest BCUT2D eigenvalue weighted by Gasteiger charge is -2.22. The summed E-state index contributed by atoms with van der Waals surface area (Å²) in [5.74, 6) is 4.28. The lowest BCUT2D eigenvalue weighted by atomic mass is 10.1. The largest absolute Gasteiger partial charge is 0.310 e. The monoisotopic (exact) mass is 229 g/mol. The van der Waals surface area contributed by atoms with Crippen LogP contribution >= 0.6 is 11.8 Å². The van der Waals surface area contributed by atoms with Crippen LogP contribution in [0, 0.1) is 11.8 Å². The number of rotatable bonds is 6. The van der Waals surface area contributed by atoms with E-state index in [1.54, 1.807) is 0 Å². The molecule has 1 nitrogen and oxygen atoms in total. The van der Waals surface area contributed by atoms with E-state index in [4.69, 9.17) is 0 Å². The predicted molar refractivity (Wildman–Crippen MR) is 71.6 cm³/mol. The van der Waals surface area contributed by atoms with Gasteiger partial charge in [-0.2, -0.15) is 11.8 Å². The molecule has 0 aromatic rings. The minimum atomic E-state index is 0.680. The highest BCUT2D eigenvalue weighted by atomic mass is 32.2. The summed E-state index contributed by atoms with van der Waals surface area (Å²) in [5.41, 5.74) is 0. The van der Waals surface area contributed by atoms with Crippen LogP contribution in [0.3, 0.4) is 0 Å². The molecule has 0 amide bonds. The van der Waals surface area contributed by atoms with E-state index < -0.39 is 0 Å². The second kappa shape index (κ2) is 6.80. The fourth-order valence-electron chi connectivity index (χ4n) is 2.29. The number of hydrogen-bond donors (Lipinski definition) is 1. The molecule has 3 unspecified atom stereocenters. The van der Waals surface area contributed by atoms with Crippen molar-refractivity contribution in [1.29, 1.82) is 0 Å². The molecule has 90 valence electrons. The predicted octanol–water partition coefficient (Wildman–Crippen LogP) is 3.54. The fourth-order valence-corrected chi connectivity index (χ4v) is 3.34. The first kappa shape index (κ1) is 13.4. The van der Waals surface area contributed by atoms with E-state index in [2.05, 4.69) is 44.8 Å². The summed E-state index contributed by atoms with van der Waals surface area (Å²) in [7, 11) is 0. The Morgan fingerprint density at radius 3 is 2.47 bits per heavy atom. The first-order chi connectivity index (χ1) is 7.09. The Morgan fingerprint density at radius 1 is 1.20 bits per heavy atom. The molecule has 1 saturated carbocycles. The topological polar surface area (TPSA) is 12.0 Å². The van der Waals surface area contributed by atoms with E-state index in [1.165, 1.54) is 30.8 Å². The van der Waals surface area contributed by atoms with Crippen LogP contribution < -0.4 is 5.32 Å². The van der Waals surface area contributed by atoms with E-state index in [9.17, 15) is 0 Å². The van der Waals surface area contributed by atoms with E-state index in [0.29, 0.717) is 6.04 Å². The normalized spacial score (nSPS) is 28.6. The van der Waals surface area contributed by atoms with Crippen LogP contribution in [0.15, 0.2) is 0 Å². The third-order valence-corrected chi connectivity index (χ3v) is 4.82. The third kappa shape index (κ3) is 5.26. The van der Waals surface area contributed by atoms with Gasteiger partial charge in [0.15, 0.2) is 0 Å². The molecule has 1 fully saturated rings. The summed E-state index contributed by atoms with van der Waals surface area (Å²) in [6.45, 7) is 9.31. The van der Waals surface area contributed by atoms with Gasteiger partial charge in [-0.3, -0.25) is 0 Å². The molecule has 0 bridgehead atoms. The van der Waals surface area contributed by atoms with Crippen LogP contribution in [-0.2, 0) is 0 Å². The molecule has 0 aromatic heterocycles. The van der Waals surface area contributed by atoms with Crippen molar-refractivity contribution < 1.29 is 0 Å². The Morgan fingerprint density at radius 2 is 1.93 bits per heavy atom. The molecule has 0 aliphatic heterocycles. The Kier molecular flexibility index (Phi) is 6.06. The van der Waals surface area contributed by atoms with Crippen molar-refractivity contribution in [3.05, 3.63) is 0 Å². The highest BCUT2D eigenvalue weighted by Crippen LogP contribution is 2.25. The molecule has 1 N–H and O–H groups in total. The number of thioether (sulfide) groups is 1. The Labute approximate surface area is 99.8 Å². The van der Waals surface area contributed by atoms with Gasteiger partial charge in [-0.25, -0.2) is 0 Å². The lowest BCUT2D eigenvalue weighted by Crippen LogP contribution is -2.39. The van der Waals surface area contributed by atoms with E-state index in [0.717, 1.165) is 17.9 Å². The van der Waals surface area contributed by atoms with Crippen LogP contribution in [0.2, 0.25) is 0 Å². The zero-order valence-electron chi connectivity index (χ0n) is 10.8. The molecule has 0 saturated heterocycles. The second-order valence-electron chi connectivity index (χ2n) is 5.51. The van der Waals surface area contributed by atoms with E-state index in [-0.39, 0.29) is 0 Å². The third-order valence-electron chi connectivity index (χ3n) is 3.18. The van der Waals surface area contributed by atoms with Crippen molar-refractivity contribution in [2.45, 2.75) is 59.0 Å². The molecule has 1 aliphatic carbocycles. The van der Waals surface area contributed by atoms with Crippen molar-refractivity contribution in [1.82, 2.24) is 5.32 Å². The van der Waals surface area contributed by atoms with E-state index in [1.807, 2.05) is 0 Å². The molecule has 1 aliphatic rings. The Bertz CT molecular complexity index is 170. The van der Waals surface area contributed by atoms with Gasteiger partial charge in [0.25, 0.3) is 0 Å². The van der Waals surface area contributed by atoms with Crippen LogP contribution in [0.4, 0.5) is 0 Å². The van der Waals surface area contributed by atoms with Crippen LogP contribution in [-0.4, -0.2) is 23.6 Å². The van der Waals surface area contributed by atoms with Crippen LogP contribution in [0.5, 0.6) is 0 Å². The first-order valence-electron chi connectivity index (χ1n) is 6.43. The maximum atomic E-state index is 3.78. The van der Waals surface area contributed by atoms with Crippen molar-refractivity contribution in [3.8, 4) is 0 Å². The highest BCUT2D eigenvalue weighted by molar-refractivity contribution is 7.99. The van der Waals surface area contributed by atoms with Gasteiger partial charge >= 0.3 is 0 Å². The van der Waals surface area contributed by atoms with Gasteiger partial charge in [-0.1, -0.05) is 27.2 Å². The molecule has 15 heavy (non-hydrogen) atoms. The zero-order valence-corrected chi connectivity index (χ0v) is 11.6. The summed E-state index contributed by atoms with van der Waals surface area (Å²) >= 11 is 2.09. The van der Waals surface area contributed by atoms with Gasteiger partial charge in [0.2, 0.25) is 0 Å². The Balaban J connectivity index is 2.09. The molecule has 0 aromatic carbocycles. The average molecular weight is 229 g/mol. The van der Waals surface area contributed by atoms with E-state index >= 15 is 0 Å². The highest BCUT2D eigenvalue weighted by Gasteiger charge is 2.23. The van der Waals surface area contributed by atoms with Gasteiger partial charge in [-0.15, -0.1) is 0 Å². The molecular formula is C13H27NS. The van der Waals surface area contributed by atoms with Crippen molar-refractivity contribution in [2.75, 3.05) is 11.5 Å². The van der Waals surface area contributed by atoms with Crippen molar-refractivity contribution >= 4 is 11.8 Å². The smallest absolute Gasteiger partial charge is 0.0132 e. The van der Waals surface area contributed by atoms with Gasteiger partial charge in [-0.05, 0) is 37.4 Å². The summed E-state index contributed by atoms with van der Waals surface area (Å²) in [5, 5.41) is 3.78. The average Bonchev–Trinajstić information content (AvgIpc) is 2.51. The zero-order chi connectivity index (χ0) is 11.3. The van der Waals surface area contributed by atoms with Crippen molar-refractivity contribution in [3.63, 3.8) is 0 Å². The van der Waals surface area contributed by atoms with Gasteiger partial charge in [0, 0.05) is 17.8 Å². The number of hydrogen-bond acceptors (Lipinski definition) is 2. The Hall–Kier alpha value is 0.310. The quantitative estimate of drug-likeness (QED) is 0.747. The van der Waals surface area contributed by atoms with Gasteiger partial charge in [0.05, 0.1) is 0 Å². The lowest BCUT2D eigenvalue weighted by molar-refractivity contribution is 0.398. The van der Waals surface area contributed by atoms with Crippen LogP contribution in [0.25, 0.3) is 0 Å². The SMILES string of the molecule is CC(C)CSCC(C)NC1CCCC1C. The standard InChI is InChI=1S/C13H27NS/c1-10(2)8-15-9-12(4)14-13-7-5-6-11(13)3/h10-14H,5-9H2,1-4H3. The molecule has 1 rings (SSSR count). The van der Waals surface area contributed by atoms with Gasteiger partial charge < -0.3 is 5.32 Å². The summed E-state index contributed by atoms with van der Waals surface area (Å²) in [4.78, 5) is 0. The minimum absolute atomic E-state index is 0.680. The molecule has 3 atom stereocenters. The fraction of sp³-hybridized carbons (Fsp3) is 1.00.